The van der Waals surface area contributed by atoms with E-state index >= 15 is 0 Å². The molecule has 2 heterocycles. The van der Waals surface area contributed by atoms with Crippen LogP contribution in [0.4, 0.5) is 0 Å². The van der Waals surface area contributed by atoms with Crippen LogP contribution in [-0.2, 0) is 14.3 Å². The molecule has 6 nitrogen and oxygen atoms in total. The zero-order chi connectivity index (χ0) is 14.4. The molecule has 6 heteroatoms. The normalized spacial score (nSPS) is 24.6. The van der Waals surface area contributed by atoms with Crippen molar-refractivity contribution in [2.75, 3.05) is 45.9 Å². The molecule has 0 bridgehead atoms. The molecule has 20 heavy (non-hydrogen) atoms. The van der Waals surface area contributed by atoms with Crippen LogP contribution in [0.2, 0.25) is 0 Å². The van der Waals surface area contributed by atoms with Gasteiger partial charge in [-0.25, -0.2) is 0 Å². The molecule has 114 valence electrons. The molecule has 0 saturated carbocycles. The molecule has 0 aromatic carbocycles. The summed E-state index contributed by atoms with van der Waals surface area (Å²) in [4.78, 5) is 26.9. The van der Waals surface area contributed by atoms with Gasteiger partial charge in [0.15, 0.2) is 0 Å². The van der Waals surface area contributed by atoms with Crippen molar-refractivity contribution in [2.45, 2.75) is 25.7 Å². The summed E-state index contributed by atoms with van der Waals surface area (Å²) in [5.74, 6) is 0.472. The summed E-state index contributed by atoms with van der Waals surface area (Å²) in [7, 11) is 0. The number of nitrogens with zero attached hydrogens (tertiary/aromatic N) is 2. The van der Waals surface area contributed by atoms with Crippen LogP contribution in [0.1, 0.15) is 25.7 Å². The second-order valence-corrected chi connectivity index (χ2v) is 5.75. The van der Waals surface area contributed by atoms with Crippen LogP contribution >= 0.6 is 0 Å². The first kappa shape index (κ1) is 15.3. The van der Waals surface area contributed by atoms with Gasteiger partial charge < -0.3 is 15.4 Å². The fraction of sp³-hybridized carbons (Fsp3) is 0.857. The molecule has 2 saturated heterocycles. The van der Waals surface area contributed by atoms with Crippen molar-refractivity contribution >= 4 is 11.8 Å². The molecule has 1 atom stereocenters. The van der Waals surface area contributed by atoms with E-state index in [0.29, 0.717) is 32.0 Å². The molecule has 1 unspecified atom stereocenters. The fourth-order valence-electron chi connectivity index (χ4n) is 2.90. The van der Waals surface area contributed by atoms with Crippen LogP contribution < -0.4 is 5.73 Å². The van der Waals surface area contributed by atoms with Crippen molar-refractivity contribution < 1.29 is 14.3 Å². The maximum Gasteiger partial charge on any atom is 0.231 e. The third kappa shape index (κ3) is 4.76. The number of primary amides is 1. The molecular formula is C14H25N3O3. The monoisotopic (exact) mass is 283 g/mol. The summed E-state index contributed by atoms with van der Waals surface area (Å²) in [6, 6.07) is 0. The molecule has 2 aliphatic heterocycles. The zero-order valence-corrected chi connectivity index (χ0v) is 12.1. The lowest BCUT2D eigenvalue weighted by molar-refractivity contribution is -0.133. The van der Waals surface area contributed by atoms with Gasteiger partial charge >= 0.3 is 0 Å². The standard InChI is InChI=1S/C14H25N3O3/c15-13(18)10-16-5-7-17(8-6-16)14(19)4-3-12-2-1-9-20-11-12/h12H,1-11H2,(H2,15,18). The van der Waals surface area contributed by atoms with Crippen LogP contribution in [0.15, 0.2) is 0 Å². The van der Waals surface area contributed by atoms with Crippen molar-refractivity contribution in [1.29, 1.82) is 0 Å². The molecule has 0 aliphatic carbocycles. The Morgan fingerprint density at radius 1 is 1.20 bits per heavy atom. The molecule has 0 radical (unpaired) electrons. The average molecular weight is 283 g/mol. The molecule has 0 spiro atoms. The zero-order valence-electron chi connectivity index (χ0n) is 12.1. The van der Waals surface area contributed by atoms with Gasteiger partial charge in [-0.3, -0.25) is 14.5 Å². The molecule has 2 rings (SSSR count). The minimum atomic E-state index is -0.304. The van der Waals surface area contributed by atoms with E-state index in [4.69, 9.17) is 10.5 Å². The average Bonchev–Trinajstić information content (AvgIpc) is 2.46. The van der Waals surface area contributed by atoms with E-state index in [1.807, 2.05) is 9.80 Å². The van der Waals surface area contributed by atoms with Crippen molar-refractivity contribution in [3.63, 3.8) is 0 Å². The largest absolute Gasteiger partial charge is 0.381 e. The van der Waals surface area contributed by atoms with Crippen LogP contribution in [0.25, 0.3) is 0 Å². The van der Waals surface area contributed by atoms with E-state index in [1.54, 1.807) is 0 Å². The lowest BCUT2D eigenvalue weighted by Crippen LogP contribution is -2.50. The summed E-state index contributed by atoms with van der Waals surface area (Å²) in [5.41, 5.74) is 5.18. The first-order chi connectivity index (χ1) is 9.65. The summed E-state index contributed by atoms with van der Waals surface area (Å²) < 4.78 is 5.44. The van der Waals surface area contributed by atoms with E-state index in [1.165, 1.54) is 6.42 Å². The van der Waals surface area contributed by atoms with E-state index < -0.39 is 0 Å². The second-order valence-electron chi connectivity index (χ2n) is 5.75. The minimum Gasteiger partial charge on any atom is -0.381 e. The quantitative estimate of drug-likeness (QED) is 0.759. The highest BCUT2D eigenvalue weighted by Crippen LogP contribution is 2.19. The van der Waals surface area contributed by atoms with Crippen molar-refractivity contribution in [2.24, 2.45) is 11.7 Å². The van der Waals surface area contributed by atoms with Crippen LogP contribution in [0.3, 0.4) is 0 Å². The number of piperazine rings is 1. The summed E-state index contributed by atoms with van der Waals surface area (Å²) in [6.07, 6.45) is 3.84. The number of amides is 2. The molecule has 2 aliphatic rings. The number of nitrogens with two attached hydrogens (primary N) is 1. The smallest absolute Gasteiger partial charge is 0.231 e. The number of ether oxygens (including phenoxy) is 1. The SMILES string of the molecule is NC(=O)CN1CCN(C(=O)CCC2CCCOC2)CC1. The highest BCUT2D eigenvalue weighted by Gasteiger charge is 2.23. The molecular weight excluding hydrogens is 258 g/mol. The van der Waals surface area contributed by atoms with Crippen molar-refractivity contribution in [3.8, 4) is 0 Å². The predicted molar refractivity (Wildman–Crippen MR) is 75.0 cm³/mol. The van der Waals surface area contributed by atoms with Gasteiger partial charge in [0.1, 0.15) is 0 Å². The van der Waals surface area contributed by atoms with E-state index in [9.17, 15) is 9.59 Å². The Bertz CT molecular complexity index is 335. The Morgan fingerprint density at radius 2 is 1.95 bits per heavy atom. The summed E-state index contributed by atoms with van der Waals surface area (Å²) >= 11 is 0. The van der Waals surface area contributed by atoms with Crippen LogP contribution in [0.5, 0.6) is 0 Å². The van der Waals surface area contributed by atoms with E-state index in [0.717, 1.165) is 39.1 Å². The van der Waals surface area contributed by atoms with Crippen molar-refractivity contribution in [1.82, 2.24) is 9.80 Å². The first-order valence-electron chi connectivity index (χ1n) is 7.51. The van der Waals surface area contributed by atoms with Gasteiger partial charge in [0.2, 0.25) is 11.8 Å². The third-order valence-electron chi connectivity index (χ3n) is 4.13. The molecule has 2 fully saturated rings. The number of hydrogen-bond acceptors (Lipinski definition) is 4. The van der Waals surface area contributed by atoms with Gasteiger partial charge in [-0.2, -0.15) is 0 Å². The number of carbonyl (C=O) groups is 2. The fourth-order valence-corrected chi connectivity index (χ4v) is 2.90. The van der Waals surface area contributed by atoms with Crippen LogP contribution in [-0.4, -0.2) is 67.6 Å². The maximum atomic E-state index is 12.1. The van der Waals surface area contributed by atoms with E-state index in [-0.39, 0.29) is 11.8 Å². The maximum absolute atomic E-state index is 12.1. The Labute approximate surface area is 120 Å². The second kappa shape index (κ2) is 7.59. The van der Waals surface area contributed by atoms with Gasteiger partial charge in [0, 0.05) is 45.8 Å². The molecule has 2 N–H and O–H groups in total. The van der Waals surface area contributed by atoms with E-state index in [2.05, 4.69) is 0 Å². The molecule has 0 aromatic heterocycles. The van der Waals surface area contributed by atoms with Crippen molar-refractivity contribution in [3.05, 3.63) is 0 Å². The summed E-state index contributed by atoms with van der Waals surface area (Å²) in [6.45, 7) is 4.84. The van der Waals surface area contributed by atoms with Gasteiger partial charge in [0.05, 0.1) is 6.54 Å². The number of carbonyl (C=O) groups excluding carboxylic acids is 2. The molecule has 0 aromatic rings. The van der Waals surface area contributed by atoms with Gasteiger partial charge in [0.25, 0.3) is 0 Å². The first-order valence-corrected chi connectivity index (χ1v) is 7.51. The predicted octanol–water partition coefficient (Wildman–Crippen LogP) is -0.177. The van der Waals surface area contributed by atoms with Gasteiger partial charge in [-0.1, -0.05) is 0 Å². The Morgan fingerprint density at radius 3 is 2.55 bits per heavy atom. The third-order valence-corrected chi connectivity index (χ3v) is 4.13. The Balaban J connectivity index is 1.65. The number of hydrogen-bond donors (Lipinski definition) is 1. The minimum absolute atomic E-state index is 0.231. The highest BCUT2D eigenvalue weighted by atomic mass is 16.5. The van der Waals surface area contributed by atoms with Gasteiger partial charge in [-0.15, -0.1) is 0 Å². The molecule has 2 amide bonds. The lowest BCUT2D eigenvalue weighted by Gasteiger charge is -2.34. The van der Waals surface area contributed by atoms with Crippen LogP contribution in [0, 0.1) is 5.92 Å². The Kier molecular flexibility index (Phi) is 5.79. The summed E-state index contributed by atoms with van der Waals surface area (Å²) in [5, 5.41) is 0. The number of rotatable bonds is 5. The highest BCUT2D eigenvalue weighted by molar-refractivity contribution is 5.77. The lowest BCUT2D eigenvalue weighted by atomic mass is 9.96. The topological polar surface area (TPSA) is 75.9 Å². The van der Waals surface area contributed by atoms with Gasteiger partial charge in [-0.05, 0) is 25.2 Å². The Hall–Kier alpha value is -1.14.